The molecule has 1 rings (SSSR count). The van der Waals surface area contributed by atoms with Gasteiger partial charge in [0.25, 0.3) is 0 Å². The minimum Gasteiger partial charge on any atom is -0.465 e. The Morgan fingerprint density at radius 2 is 1.95 bits per heavy atom. The molecule has 0 aromatic heterocycles. The van der Waals surface area contributed by atoms with E-state index in [1.165, 1.54) is 4.90 Å². The highest BCUT2D eigenvalue weighted by Crippen LogP contribution is 2.18. The fourth-order valence-electron chi connectivity index (χ4n) is 2.00. The maximum atomic E-state index is 11.3. The first kappa shape index (κ1) is 15.5. The third kappa shape index (κ3) is 4.91. The molecule has 0 saturated carbocycles. The summed E-state index contributed by atoms with van der Waals surface area (Å²) in [6, 6.07) is 8.07. The largest absolute Gasteiger partial charge is 0.465 e. The van der Waals surface area contributed by atoms with Crippen LogP contribution in [0, 0.1) is 0 Å². The molecule has 19 heavy (non-hydrogen) atoms. The number of nitrogens with two attached hydrogens (primary N) is 1. The van der Waals surface area contributed by atoms with Crippen LogP contribution in [0.4, 0.5) is 4.79 Å². The third-order valence-electron chi connectivity index (χ3n) is 2.93. The Morgan fingerprint density at radius 3 is 2.42 bits per heavy atom. The summed E-state index contributed by atoms with van der Waals surface area (Å²) in [4.78, 5) is 12.8. The van der Waals surface area contributed by atoms with Crippen LogP contribution in [0.3, 0.4) is 0 Å². The summed E-state index contributed by atoms with van der Waals surface area (Å²) < 4.78 is 0. The molecule has 1 atom stereocenters. The maximum Gasteiger partial charge on any atom is 0.408 e. The summed E-state index contributed by atoms with van der Waals surface area (Å²) in [6.45, 7) is 8.05. The van der Waals surface area contributed by atoms with Crippen LogP contribution < -0.4 is 5.73 Å². The molecule has 3 N–H and O–H groups in total. The smallest absolute Gasteiger partial charge is 0.408 e. The highest BCUT2D eigenvalue weighted by atomic mass is 16.4. The second kappa shape index (κ2) is 6.06. The maximum absolute atomic E-state index is 11.3. The quantitative estimate of drug-likeness (QED) is 0.878. The second-order valence-electron chi connectivity index (χ2n) is 6.04. The number of nitrogens with zero attached hydrogens (tertiary/aromatic N) is 1. The fraction of sp³-hybridized carbons (Fsp3) is 0.533. The van der Waals surface area contributed by atoms with Gasteiger partial charge in [0.15, 0.2) is 0 Å². The molecule has 1 amide bonds. The molecule has 106 valence electrons. The van der Waals surface area contributed by atoms with Crippen LogP contribution in [0.25, 0.3) is 0 Å². The summed E-state index contributed by atoms with van der Waals surface area (Å²) in [5.74, 6) is 0. The van der Waals surface area contributed by atoms with E-state index in [4.69, 9.17) is 5.73 Å². The molecule has 0 fully saturated rings. The topological polar surface area (TPSA) is 66.6 Å². The molecule has 0 spiro atoms. The van der Waals surface area contributed by atoms with Crippen molar-refractivity contribution >= 4 is 6.09 Å². The van der Waals surface area contributed by atoms with E-state index in [1.54, 1.807) is 0 Å². The zero-order valence-corrected chi connectivity index (χ0v) is 12.2. The predicted octanol–water partition coefficient (Wildman–Crippen LogP) is 2.85. The third-order valence-corrected chi connectivity index (χ3v) is 2.93. The molecule has 4 nitrogen and oxygen atoms in total. The van der Waals surface area contributed by atoms with Crippen molar-refractivity contribution in [1.29, 1.82) is 0 Å². The van der Waals surface area contributed by atoms with Crippen molar-refractivity contribution in [3.63, 3.8) is 0 Å². The van der Waals surface area contributed by atoms with E-state index < -0.39 is 11.6 Å². The van der Waals surface area contributed by atoms with Crippen LogP contribution in [0.1, 0.15) is 38.8 Å². The van der Waals surface area contributed by atoms with E-state index in [0.717, 1.165) is 17.5 Å². The van der Waals surface area contributed by atoms with Crippen molar-refractivity contribution in [3.8, 4) is 0 Å². The van der Waals surface area contributed by atoms with E-state index in [2.05, 4.69) is 0 Å². The summed E-state index contributed by atoms with van der Waals surface area (Å²) in [5.41, 5.74) is 7.52. The lowest BCUT2D eigenvalue weighted by molar-refractivity contribution is 0.0955. The van der Waals surface area contributed by atoms with Gasteiger partial charge in [0.1, 0.15) is 0 Å². The monoisotopic (exact) mass is 264 g/mol. The summed E-state index contributed by atoms with van der Waals surface area (Å²) in [5, 5.41) is 9.29. The van der Waals surface area contributed by atoms with Crippen molar-refractivity contribution in [2.24, 2.45) is 5.73 Å². The summed E-state index contributed by atoms with van der Waals surface area (Å²) in [6.07, 6.45) is -0.0960. The standard InChI is InChI=1S/C15H24N2O2/c1-11(16)8-12-6-5-7-13(9-12)10-17(14(18)19)15(2,3)4/h5-7,9,11H,8,10,16H2,1-4H3,(H,18,19)/t11-/m0/s1. The van der Waals surface area contributed by atoms with Gasteiger partial charge >= 0.3 is 6.09 Å². The SMILES string of the molecule is C[C@H](N)Cc1cccc(CN(C(=O)O)C(C)(C)C)c1. The van der Waals surface area contributed by atoms with Gasteiger partial charge in [0, 0.05) is 18.1 Å². The number of rotatable bonds is 4. The predicted molar refractivity (Wildman–Crippen MR) is 77.1 cm³/mol. The molecule has 0 unspecified atom stereocenters. The second-order valence-corrected chi connectivity index (χ2v) is 6.04. The molecular formula is C15H24N2O2. The Morgan fingerprint density at radius 1 is 1.37 bits per heavy atom. The van der Waals surface area contributed by atoms with Gasteiger partial charge in [-0.05, 0) is 45.2 Å². The number of benzene rings is 1. The van der Waals surface area contributed by atoms with Crippen molar-refractivity contribution in [2.45, 2.75) is 52.2 Å². The number of hydrogen-bond donors (Lipinski definition) is 2. The van der Waals surface area contributed by atoms with Gasteiger partial charge in [0.05, 0.1) is 0 Å². The summed E-state index contributed by atoms with van der Waals surface area (Å²) in [7, 11) is 0. The van der Waals surface area contributed by atoms with Crippen molar-refractivity contribution in [1.82, 2.24) is 4.90 Å². The molecule has 1 aromatic rings. The molecule has 0 radical (unpaired) electrons. The molecule has 4 heteroatoms. The van der Waals surface area contributed by atoms with Crippen LogP contribution in [-0.2, 0) is 13.0 Å². The molecule has 0 aliphatic carbocycles. The Kier molecular flexibility index (Phi) is 4.95. The van der Waals surface area contributed by atoms with Gasteiger partial charge in [-0.25, -0.2) is 4.79 Å². The minimum atomic E-state index is -0.898. The normalized spacial score (nSPS) is 13.1. The lowest BCUT2D eigenvalue weighted by Gasteiger charge is -2.33. The van der Waals surface area contributed by atoms with E-state index in [-0.39, 0.29) is 6.04 Å². The van der Waals surface area contributed by atoms with Crippen LogP contribution >= 0.6 is 0 Å². The highest BCUT2D eigenvalue weighted by molar-refractivity contribution is 5.66. The van der Waals surface area contributed by atoms with Crippen LogP contribution in [0.2, 0.25) is 0 Å². The number of hydrogen-bond acceptors (Lipinski definition) is 2. The van der Waals surface area contributed by atoms with E-state index >= 15 is 0 Å². The first-order valence-electron chi connectivity index (χ1n) is 6.54. The van der Waals surface area contributed by atoms with Crippen LogP contribution in [0.5, 0.6) is 0 Å². The van der Waals surface area contributed by atoms with Gasteiger partial charge in [-0.3, -0.25) is 4.90 Å². The molecular weight excluding hydrogens is 240 g/mol. The molecule has 0 aliphatic rings. The Balaban J connectivity index is 2.88. The van der Waals surface area contributed by atoms with Gasteiger partial charge in [0.2, 0.25) is 0 Å². The van der Waals surface area contributed by atoms with Gasteiger partial charge in [-0.15, -0.1) is 0 Å². The molecule has 1 aromatic carbocycles. The number of amides is 1. The van der Waals surface area contributed by atoms with E-state index in [9.17, 15) is 9.90 Å². The van der Waals surface area contributed by atoms with Gasteiger partial charge in [-0.2, -0.15) is 0 Å². The Bertz CT molecular complexity index is 436. The van der Waals surface area contributed by atoms with E-state index in [1.807, 2.05) is 52.0 Å². The Hall–Kier alpha value is -1.55. The number of carbonyl (C=O) groups is 1. The molecule has 0 saturated heterocycles. The first-order chi connectivity index (χ1) is 8.70. The van der Waals surface area contributed by atoms with Crippen molar-refractivity contribution in [2.75, 3.05) is 0 Å². The molecule has 0 aliphatic heterocycles. The van der Waals surface area contributed by atoms with Crippen LogP contribution in [-0.4, -0.2) is 27.7 Å². The average Bonchev–Trinajstić information content (AvgIpc) is 2.23. The van der Waals surface area contributed by atoms with Crippen molar-refractivity contribution < 1.29 is 9.90 Å². The highest BCUT2D eigenvalue weighted by Gasteiger charge is 2.25. The molecule has 0 heterocycles. The molecule has 0 bridgehead atoms. The van der Waals surface area contributed by atoms with Gasteiger partial charge in [-0.1, -0.05) is 24.3 Å². The first-order valence-corrected chi connectivity index (χ1v) is 6.54. The van der Waals surface area contributed by atoms with Gasteiger partial charge < -0.3 is 10.8 Å². The van der Waals surface area contributed by atoms with E-state index in [0.29, 0.717) is 6.54 Å². The zero-order chi connectivity index (χ0) is 14.6. The van der Waals surface area contributed by atoms with Crippen LogP contribution in [0.15, 0.2) is 24.3 Å². The minimum absolute atomic E-state index is 0.105. The lowest BCUT2D eigenvalue weighted by Crippen LogP contribution is -2.44. The Labute approximate surface area is 115 Å². The zero-order valence-electron chi connectivity index (χ0n) is 12.2. The number of carboxylic acid groups (broad SMARTS) is 1. The van der Waals surface area contributed by atoms with Crippen molar-refractivity contribution in [3.05, 3.63) is 35.4 Å². The summed E-state index contributed by atoms with van der Waals surface area (Å²) >= 11 is 0. The lowest BCUT2D eigenvalue weighted by atomic mass is 10.0. The average molecular weight is 264 g/mol. The fourth-order valence-corrected chi connectivity index (χ4v) is 2.00.